The molecule has 328 valence electrons. The molecule has 1 amide bonds. The number of aliphatic hydroxyl groups is 2. The fourth-order valence-electron chi connectivity index (χ4n) is 7.13. The average molecular weight is 788 g/mol. The van der Waals surface area contributed by atoms with Crippen LogP contribution in [0, 0.1) is 0 Å². The Hall–Kier alpha value is -1.92. The van der Waals surface area contributed by atoms with E-state index in [1.165, 1.54) is 116 Å². The number of carbonyl (C=O) groups is 2. The van der Waals surface area contributed by atoms with Gasteiger partial charge in [-0.1, -0.05) is 185 Å². The zero-order valence-corrected chi connectivity index (χ0v) is 37.1. The second kappa shape index (κ2) is 45.8. The van der Waals surface area contributed by atoms with Crippen molar-refractivity contribution in [1.82, 2.24) is 5.32 Å². The lowest BCUT2D eigenvalue weighted by Crippen LogP contribution is -2.45. The van der Waals surface area contributed by atoms with Crippen LogP contribution in [0.2, 0.25) is 0 Å². The van der Waals surface area contributed by atoms with E-state index in [4.69, 9.17) is 4.74 Å². The lowest BCUT2D eigenvalue weighted by Gasteiger charge is -2.22. The Balaban J connectivity index is 3.54. The summed E-state index contributed by atoms with van der Waals surface area (Å²) in [6.45, 7) is 4.83. The molecule has 0 radical (unpaired) electrons. The molecule has 0 spiro atoms. The Morgan fingerprint density at radius 1 is 0.500 bits per heavy atom. The maximum absolute atomic E-state index is 12.4. The standard InChI is InChI=1S/C50H93NO5/c1-3-5-7-9-11-13-15-17-18-19-20-24-28-32-36-40-44-50(55)56-45-41-37-33-29-25-21-23-27-31-35-39-43-49(54)51-47(46-52)48(53)42-38-34-30-26-22-16-14-12-10-8-6-4-2/h13,15,18-19,25,29,47-48,52-53H,3-12,14,16-17,20-24,26-28,30-46H2,1-2H3,(H,51,54)/b15-13-,19-18-,29-25-. The molecule has 0 aliphatic carbocycles. The lowest BCUT2D eigenvalue weighted by molar-refractivity contribution is -0.143. The minimum absolute atomic E-state index is 0.0455. The molecular weight excluding hydrogens is 695 g/mol. The fourth-order valence-corrected chi connectivity index (χ4v) is 7.13. The molecule has 0 heterocycles. The first-order valence-corrected chi connectivity index (χ1v) is 24.2. The van der Waals surface area contributed by atoms with E-state index in [0.29, 0.717) is 25.9 Å². The third-order valence-electron chi connectivity index (χ3n) is 10.9. The highest BCUT2D eigenvalue weighted by Crippen LogP contribution is 2.15. The molecule has 2 atom stereocenters. The number of ether oxygens (including phenoxy) is 1. The van der Waals surface area contributed by atoms with Crippen LogP contribution in [0.5, 0.6) is 0 Å². The van der Waals surface area contributed by atoms with Crippen LogP contribution in [0.1, 0.15) is 245 Å². The lowest BCUT2D eigenvalue weighted by atomic mass is 10.0. The molecule has 56 heavy (non-hydrogen) atoms. The molecule has 0 aromatic carbocycles. The van der Waals surface area contributed by atoms with Crippen LogP contribution in [0.3, 0.4) is 0 Å². The molecule has 0 saturated carbocycles. The van der Waals surface area contributed by atoms with Crippen molar-refractivity contribution in [2.75, 3.05) is 13.2 Å². The Morgan fingerprint density at radius 3 is 1.39 bits per heavy atom. The highest BCUT2D eigenvalue weighted by atomic mass is 16.5. The molecule has 2 unspecified atom stereocenters. The van der Waals surface area contributed by atoms with Crippen molar-refractivity contribution in [3.05, 3.63) is 36.5 Å². The van der Waals surface area contributed by atoms with E-state index in [0.717, 1.165) is 96.3 Å². The zero-order chi connectivity index (χ0) is 40.8. The van der Waals surface area contributed by atoms with E-state index in [-0.39, 0.29) is 18.5 Å². The topological polar surface area (TPSA) is 95.9 Å². The molecule has 0 rings (SSSR count). The number of nitrogens with one attached hydrogen (secondary N) is 1. The van der Waals surface area contributed by atoms with Crippen LogP contribution in [-0.2, 0) is 14.3 Å². The van der Waals surface area contributed by atoms with Gasteiger partial charge in [0.2, 0.25) is 5.91 Å². The summed E-state index contributed by atoms with van der Waals surface area (Å²) in [4.78, 5) is 24.4. The maximum Gasteiger partial charge on any atom is 0.305 e. The summed E-state index contributed by atoms with van der Waals surface area (Å²) < 4.78 is 5.42. The zero-order valence-electron chi connectivity index (χ0n) is 37.1. The Labute approximate surface area is 347 Å². The molecule has 3 N–H and O–H groups in total. The van der Waals surface area contributed by atoms with E-state index in [1.807, 2.05) is 0 Å². The van der Waals surface area contributed by atoms with Crippen molar-refractivity contribution < 1.29 is 24.5 Å². The molecule has 0 aromatic heterocycles. The second-order valence-electron chi connectivity index (χ2n) is 16.4. The first kappa shape index (κ1) is 54.1. The summed E-state index contributed by atoms with van der Waals surface area (Å²) in [6.07, 6.45) is 53.9. The van der Waals surface area contributed by atoms with Crippen LogP contribution in [0.4, 0.5) is 0 Å². The van der Waals surface area contributed by atoms with Crippen molar-refractivity contribution >= 4 is 11.9 Å². The van der Waals surface area contributed by atoms with Gasteiger partial charge in [0.05, 0.1) is 25.4 Å². The summed E-state index contributed by atoms with van der Waals surface area (Å²) in [5.74, 6) is -0.112. The van der Waals surface area contributed by atoms with E-state index in [1.54, 1.807) is 0 Å². The van der Waals surface area contributed by atoms with Gasteiger partial charge in [0.25, 0.3) is 0 Å². The van der Waals surface area contributed by atoms with E-state index in [9.17, 15) is 19.8 Å². The van der Waals surface area contributed by atoms with Gasteiger partial charge in [0.1, 0.15) is 0 Å². The van der Waals surface area contributed by atoms with Gasteiger partial charge in [-0.15, -0.1) is 0 Å². The number of esters is 1. The molecule has 0 fully saturated rings. The summed E-state index contributed by atoms with van der Waals surface area (Å²) in [5, 5.41) is 23.1. The normalized spacial score (nSPS) is 13.0. The Kier molecular flexibility index (Phi) is 44.2. The number of allylic oxidation sites excluding steroid dienone is 6. The van der Waals surface area contributed by atoms with Crippen molar-refractivity contribution in [3.8, 4) is 0 Å². The minimum atomic E-state index is -0.682. The van der Waals surface area contributed by atoms with Gasteiger partial charge in [-0.2, -0.15) is 0 Å². The first-order valence-electron chi connectivity index (χ1n) is 24.2. The SMILES string of the molecule is CCCCCC/C=C\C/C=C\CCCCCCCC(=O)OCCCC/C=C\CCCCCCCC(=O)NC(CO)C(O)CCCCCCCCCCCCCC. The molecule has 6 heteroatoms. The van der Waals surface area contributed by atoms with Gasteiger partial charge < -0.3 is 20.3 Å². The summed E-state index contributed by atoms with van der Waals surface area (Å²) in [5.41, 5.74) is 0. The monoisotopic (exact) mass is 788 g/mol. The first-order chi connectivity index (χ1) is 27.5. The van der Waals surface area contributed by atoms with Crippen molar-refractivity contribution in [2.24, 2.45) is 0 Å². The molecule has 0 aliphatic rings. The molecule has 0 bridgehead atoms. The summed E-state index contributed by atoms with van der Waals surface area (Å²) in [7, 11) is 0. The molecule has 0 aromatic rings. The van der Waals surface area contributed by atoms with Gasteiger partial charge in [0, 0.05) is 12.8 Å². The van der Waals surface area contributed by atoms with Crippen molar-refractivity contribution in [2.45, 2.75) is 257 Å². The van der Waals surface area contributed by atoms with Crippen LogP contribution in [-0.4, -0.2) is 47.4 Å². The van der Waals surface area contributed by atoms with Crippen molar-refractivity contribution in [3.63, 3.8) is 0 Å². The summed E-state index contributed by atoms with van der Waals surface area (Å²) >= 11 is 0. The van der Waals surface area contributed by atoms with Crippen LogP contribution >= 0.6 is 0 Å². The number of hydrogen-bond acceptors (Lipinski definition) is 5. The predicted octanol–water partition coefficient (Wildman–Crippen LogP) is 14.1. The number of amides is 1. The Bertz CT molecular complexity index is 915. The second-order valence-corrected chi connectivity index (χ2v) is 16.4. The molecule has 6 nitrogen and oxygen atoms in total. The van der Waals surface area contributed by atoms with Crippen LogP contribution < -0.4 is 5.32 Å². The highest BCUT2D eigenvalue weighted by Gasteiger charge is 2.20. The molecular formula is C50H93NO5. The van der Waals surface area contributed by atoms with Gasteiger partial charge in [-0.3, -0.25) is 9.59 Å². The van der Waals surface area contributed by atoms with E-state index >= 15 is 0 Å². The predicted molar refractivity (Wildman–Crippen MR) is 241 cm³/mol. The van der Waals surface area contributed by atoms with Gasteiger partial charge >= 0.3 is 5.97 Å². The smallest absolute Gasteiger partial charge is 0.305 e. The third-order valence-corrected chi connectivity index (χ3v) is 10.9. The van der Waals surface area contributed by atoms with E-state index in [2.05, 4.69) is 55.6 Å². The Morgan fingerprint density at radius 2 is 0.893 bits per heavy atom. The average Bonchev–Trinajstić information content (AvgIpc) is 3.20. The molecule has 0 aliphatic heterocycles. The number of unbranched alkanes of at least 4 members (excludes halogenated alkanes) is 27. The highest BCUT2D eigenvalue weighted by molar-refractivity contribution is 5.76. The number of rotatable bonds is 44. The van der Waals surface area contributed by atoms with Gasteiger partial charge in [0.15, 0.2) is 0 Å². The fraction of sp³-hybridized carbons (Fsp3) is 0.840. The van der Waals surface area contributed by atoms with Crippen molar-refractivity contribution in [1.29, 1.82) is 0 Å². The number of carbonyl (C=O) groups excluding carboxylic acids is 2. The maximum atomic E-state index is 12.4. The molecule has 0 saturated heterocycles. The largest absolute Gasteiger partial charge is 0.466 e. The quantitative estimate of drug-likeness (QED) is 0.0325. The third kappa shape index (κ3) is 41.7. The van der Waals surface area contributed by atoms with Crippen LogP contribution in [0.25, 0.3) is 0 Å². The van der Waals surface area contributed by atoms with Gasteiger partial charge in [-0.05, 0) is 83.5 Å². The summed E-state index contributed by atoms with van der Waals surface area (Å²) in [6, 6.07) is -0.562. The van der Waals surface area contributed by atoms with E-state index < -0.39 is 12.1 Å². The number of hydrogen-bond donors (Lipinski definition) is 3. The number of aliphatic hydroxyl groups excluding tert-OH is 2. The van der Waals surface area contributed by atoms with Gasteiger partial charge in [-0.25, -0.2) is 0 Å². The van der Waals surface area contributed by atoms with Crippen LogP contribution in [0.15, 0.2) is 36.5 Å². The minimum Gasteiger partial charge on any atom is -0.466 e.